The Kier molecular flexibility index (Phi) is 6.63. The number of fused-ring (bicyclic) bond motifs is 2. The third kappa shape index (κ3) is 5.28. The highest BCUT2D eigenvalue weighted by atomic mass is 32.2. The van der Waals surface area contributed by atoms with Crippen LogP contribution in [0.25, 0.3) is 0 Å². The van der Waals surface area contributed by atoms with Crippen molar-refractivity contribution in [2.24, 2.45) is 11.8 Å². The van der Waals surface area contributed by atoms with Gasteiger partial charge >= 0.3 is 0 Å². The van der Waals surface area contributed by atoms with Crippen LogP contribution in [0.5, 0.6) is 5.88 Å². The molecule has 0 aromatic carbocycles. The molecule has 11 nitrogen and oxygen atoms in total. The summed E-state index contributed by atoms with van der Waals surface area (Å²) in [7, 11) is -1.63. The predicted octanol–water partition coefficient (Wildman–Crippen LogP) is 2.23. The molecule has 3 fully saturated rings. The van der Waals surface area contributed by atoms with Crippen LogP contribution in [0, 0.1) is 11.8 Å². The number of nitrogens with zero attached hydrogens (tertiary/aromatic N) is 4. The Morgan fingerprint density at radius 2 is 1.88 bits per heavy atom. The van der Waals surface area contributed by atoms with Gasteiger partial charge in [-0.2, -0.15) is 19.4 Å². The Balaban J connectivity index is 1.23. The van der Waals surface area contributed by atoms with Gasteiger partial charge in [-0.05, 0) is 50.4 Å². The molecule has 2 bridgehead atoms. The van der Waals surface area contributed by atoms with Gasteiger partial charge in [0.05, 0.1) is 25.2 Å². The summed E-state index contributed by atoms with van der Waals surface area (Å²) < 4.78 is 33.3. The zero-order valence-corrected chi connectivity index (χ0v) is 20.2. The van der Waals surface area contributed by atoms with Crippen LogP contribution in [-0.4, -0.2) is 69.5 Å². The molecule has 0 radical (unpaired) electrons. The third-order valence-electron chi connectivity index (χ3n) is 6.99. The van der Waals surface area contributed by atoms with Gasteiger partial charge in [-0.3, -0.25) is 5.10 Å². The van der Waals surface area contributed by atoms with Crippen molar-refractivity contribution < 1.29 is 18.3 Å². The molecule has 2 aromatic heterocycles. The van der Waals surface area contributed by atoms with Crippen LogP contribution in [-0.2, 0) is 16.6 Å². The highest BCUT2D eigenvalue weighted by Gasteiger charge is 2.45. The molecule has 186 valence electrons. The number of aromatic amines is 1. The van der Waals surface area contributed by atoms with E-state index in [1.54, 1.807) is 19.2 Å². The fourth-order valence-electron chi connectivity index (χ4n) is 5.29. The number of ether oxygens (including phenoxy) is 1. The Labute approximate surface area is 199 Å². The quantitative estimate of drug-likeness (QED) is 0.393. The Morgan fingerprint density at radius 3 is 2.53 bits per heavy atom. The van der Waals surface area contributed by atoms with Gasteiger partial charge < -0.3 is 20.5 Å². The number of sulfonamides is 1. The molecule has 0 amide bonds. The second-order valence-corrected chi connectivity index (χ2v) is 11.6. The molecule has 0 spiro atoms. The molecule has 34 heavy (non-hydrogen) atoms. The van der Waals surface area contributed by atoms with Gasteiger partial charge in [0.15, 0.2) is 5.82 Å². The average molecular weight is 492 g/mol. The number of H-pyrrole nitrogens is 1. The number of methoxy groups -OCH3 is 1. The fraction of sp³-hybridized carbons (Fsp3) is 0.682. The average Bonchev–Trinajstić information content (AvgIpc) is 3.50. The number of piperidine rings is 2. The van der Waals surface area contributed by atoms with Gasteiger partial charge in [0, 0.05) is 30.8 Å². The highest BCUT2D eigenvalue weighted by Crippen LogP contribution is 2.41. The molecule has 2 aromatic rings. The van der Waals surface area contributed by atoms with Crippen LogP contribution in [0.4, 0.5) is 17.6 Å². The van der Waals surface area contributed by atoms with Gasteiger partial charge in [0.25, 0.3) is 0 Å². The van der Waals surface area contributed by atoms with Gasteiger partial charge in [-0.25, -0.2) is 8.42 Å². The molecule has 4 heterocycles. The van der Waals surface area contributed by atoms with Crippen molar-refractivity contribution in [3.05, 3.63) is 17.8 Å². The van der Waals surface area contributed by atoms with Crippen LogP contribution < -0.4 is 15.4 Å². The predicted molar refractivity (Wildman–Crippen MR) is 127 cm³/mol. The second kappa shape index (κ2) is 9.67. The summed E-state index contributed by atoms with van der Waals surface area (Å²) in [6.07, 6.45) is 6.81. The molecule has 1 aliphatic carbocycles. The Morgan fingerprint density at radius 1 is 1.12 bits per heavy atom. The monoisotopic (exact) mass is 491 g/mol. The minimum Gasteiger partial charge on any atom is -0.481 e. The topological polar surface area (TPSA) is 145 Å². The number of aliphatic hydroxyl groups is 1. The van der Waals surface area contributed by atoms with E-state index in [0.29, 0.717) is 53.3 Å². The van der Waals surface area contributed by atoms with E-state index in [1.807, 2.05) is 4.31 Å². The summed E-state index contributed by atoms with van der Waals surface area (Å²) in [5.74, 6) is 2.95. The molecule has 2 unspecified atom stereocenters. The van der Waals surface area contributed by atoms with E-state index in [1.165, 1.54) is 0 Å². The molecular weight excluding hydrogens is 458 g/mol. The number of hydrogen-bond acceptors (Lipinski definition) is 9. The Hall–Kier alpha value is -2.44. The SMILES string of the molecule is COc1cc(Nc2cc(CO)[nH]n2)nc(NCC2CC3CCCC(C2)N3S(=O)(=O)CC2CC2)n1. The standard InChI is InChI=1S/C22H33N7O4S/c1-33-21-10-19(24-20-9-16(12-30)27-28-20)25-22(26-21)23-11-15-7-17-3-2-4-18(8-15)29(17)34(31,32)13-14-5-6-14/h9-10,14-15,17-18,30H,2-8,11-13H2,1H3,(H3,23,24,25,26,27,28). The van der Waals surface area contributed by atoms with E-state index in [0.717, 1.165) is 44.9 Å². The lowest BCUT2D eigenvalue weighted by Crippen LogP contribution is -2.56. The normalized spacial score (nSPS) is 25.2. The maximum absolute atomic E-state index is 13.1. The summed E-state index contributed by atoms with van der Waals surface area (Å²) in [6.45, 7) is 0.546. The van der Waals surface area contributed by atoms with Crippen molar-refractivity contribution in [2.75, 3.05) is 30.0 Å². The molecule has 4 N–H and O–H groups in total. The first-order chi connectivity index (χ1) is 16.4. The van der Waals surface area contributed by atoms with Gasteiger partial charge in [-0.1, -0.05) is 6.42 Å². The van der Waals surface area contributed by atoms with Crippen molar-refractivity contribution in [1.82, 2.24) is 24.5 Å². The van der Waals surface area contributed by atoms with Crippen LogP contribution in [0.3, 0.4) is 0 Å². The van der Waals surface area contributed by atoms with Gasteiger partial charge in [0.1, 0.15) is 5.82 Å². The maximum atomic E-state index is 13.1. The molecule has 3 aliphatic rings. The first kappa shape index (κ1) is 23.3. The summed E-state index contributed by atoms with van der Waals surface area (Å²) in [6, 6.07) is 3.58. The summed E-state index contributed by atoms with van der Waals surface area (Å²) in [5, 5.41) is 22.5. The van der Waals surface area contributed by atoms with Crippen molar-refractivity contribution >= 4 is 27.6 Å². The van der Waals surface area contributed by atoms with Gasteiger partial charge in [-0.15, -0.1) is 0 Å². The number of aromatic nitrogens is 4. The van der Waals surface area contributed by atoms with Crippen molar-refractivity contribution in [2.45, 2.75) is 63.6 Å². The maximum Gasteiger partial charge on any atom is 0.227 e. The summed E-state index contributed by atoms with van der Waals surface area (Å²) >= 11 is 0. The van der Waals surface area contributed by atoms with E-state index >= 15 is 0 Å². The van der Waals surface area contributed by atoms with Crippen LogP contribution >= 0.6 is 0 Å². The number of aliphatic hydroxyl groups excluding tert-OH is 1. The lowest BCUT2D eigenvalue weighted by Gasteiger charge is -2.47. The first-order valence-corrected chi connectivity index (χ1v) is 13.6. The number of hydrogen-bond donors (Lipinski definition) is 4. The molecule has 2 saturated heterocycles. The first-order valence-electron chi connectivity index (χ1n) is 12.0. The zero-order chi connectivity index (χ0) is 23.7. The van der Waals surface area contributed by atoms with Crippen molar-refractivity contribution in [1.29, 1.82) is 0 Å². The van der Waals surface area contributed by atoms with E-state index in [2.05, 4.69) is 30.8 Å². The van der Waals surface area contributed by atoms with Crippen LogP contribution in [0.2, 0.25) is 0 Å². The molecule has 12 heteroatoms. The minimum atomic E-state index is -3.18. The van der Waals surface area contributed by atoms with E-state index in [9.17, 15) is 13.5 Å². The lowest BCUT2D eigenvalue weighted by atomic mass is 9.80. The number of nitrogens with one attached hydrogen (secondary N) is 3. The summed E-state index contributed by atoms with van der Waals surface area (Å²) in [5.41, 5.74) is 0.595. The van der Waals surface area contributed by atoms with Crippen molar-refractivity contribution in [3.8, 4) is 5.88 Å². The molecular formula is C22H33N7O4S. The summed E-state index contributed by atoms with van der Waals surface area (Å²) in [4.78, 5) is 8.93. The Bertz CT molecular complexity index is 1090. The smallest absolute Gasteiger partial charge is 0.227 e. The van der Waals surface area contributed by atoms with E-state index in [4.69, 9.17) is 4.74 Å². The van der Waals surface area contributed by atoms with Gasteiger partial charge in [0.2, 0.25) is 21.9 Å². The zero-order valence-electron chi connectivity index (χ0n) is 19.4. The number of rotatable bonds is 10. The highest BCUT2D eigenvalue weighted by molar-refractivity contribution is 7.89. The second-order valence-electron chi connectivity index (χ2n) is 9.69. The van der Waals surface area contributed by atoms with E-state index in [-0.39, 0.29) is 18.7 Å². The van der Waals surface area contributed by atoms with Crippen molar-refractivity contribution in [3.63, 3.8) is 0 Å². The molecule has 2 atom stereocenters. The number of anilines is 3. The van der Waals surface area contributed by atoms with Crippen LogP contribution in [0.1, 0.15) is 50.6 Å². The molecule has 5 rings (SSSR count). The minimum absolute atomic E-state index is 0.104. The molecule has 1 saturated carbocycles. The largest absolute Gasteiger partial charge is 0.481 e. The molecule has 2 aliphatic heterocycles. The van der Waals surface area contributed by atoms with E-state index < -0.39 is 10.0 Å². The third-order valence-corrected chi connectivity index (χ3v) is 9.12. The lowest BCUT2D eigenvalue weighted by molar-refractivity contribution is 0.0902. The van der Waals surface area contributed by atoms with Crippen LogP contribution in [0.15, 0.2) is 12.1 Å². The fourth-order valence-corrected chi connectivity index (χ4v) is 7.68.